The molecule has 1 aromatic rings. The molecule has 2 aliphatic rings. The van der Waals surface area contributed by atoms with Crippen molar-refractivity contribution >= 4 is 23.4 Å². The van der Waals surface area contributed by atoms with Crippen LogP contribution in [-0.4, -0.2) is 32.8 Å². The van der Waals surface area contributed by atoms with E-state index in [9.17, 15) is 14.7 Å². The number of allylic oxidation sites excluding steroid dienone is 5. The van der Waals surface area contributed by atoms with Crippen molar-refractivity contribution in [2.45, 2.75) is 78.7 Å². The Bertz CT molecular complexity index is 823. The molecule has 164 valence electrons. The van der Waals surface area contributed by atoms with Gasteiger partial charge in [0.1, 0.15) is 5.56 Å². The van der Waals surface area contributed by atoms with Gasteiger partial charge in [0.25, 0.3) is 0 Å². The van der Waals surface area contributed by atoms with Crippen LogP contribution in [0.4, 0.5) is 5.82 Å². The van der Waals surface area contributed by atoms with Gasteiger partial charge in [0.15, 0.2) is 5.82 Å². The zero-order valence-electron chi connectivity index (χ0n) is 18.7. The standard InChI is InChI=1S/C22H29N3O3.C2H6/c1-15(2)25(21(26)17-12-10-16(3)11-13-17)20-19(22(27)28)14-24(23-20)18-8-6-4-5-7-9-18;1-2/h6,8-9,14-15,17H,3-5,7,10-13H2,1-2H3,(H,27,28);1-2H3. The lowest BCUT2D eigenvalue weighted by molar-refractivity contribution is -0.123. The molecular formula is C24H35N3O3. The molecule has 1 amide bonds. The summed E-state index contributed by atoms with van der Waals surface area (Å²) in [6, 6.07) is -0.183. The van der Waals surface area contributed by atoms with E-state index in [1.54, 1.807) is 9.58 Å². The van der Waals surface area contributed by atoms with Crippen molar-refractivity contribution in [1.29, 1.82) is 0 Å². The average Bonchev–Trinajstić information content (AvgIpc) is 2.97. The first kappa shape index (κ1) is 23.6. The van der Waals surface area contributed by atoms with E-state index in [1.165, 1.54) is 11.8 Å². The zero-order chi connectivity index (χ0) is 22.3. The third kappa shape index (κ3) is 5.49. The van der Waals surface area contributed by atoms with Gasteiger partial charge in [0, 0.05) is 18.2 Å². The molecule has 1 N–H and O–H groups in total. The first-order chi connectivity index (χ1) is 14.4. The summed E-state index contributed by atoms with van der Waals surface area (Å²) < 4.78 is 1.59. The van der Waals surface area contributed by atoms with E-state index in [1.807, 2.05) is 33.8 Å². The lowest BCUT2D eigenvalue weighted by atomic mass is 9.85. The molecule has 1 aromatic heterocycles. The number of carboxylic acids is 1. The van der Waals surface area contributed by atoms with Gasteiger partial charge in [-0.25, -0.2) is 9.48 Å². The second-order valence-corrected chi connectivity index (χ2v) is 7.90. The number of hydrogen-bond donors (Lipinski definition) is 1. The van der Waals surface area contributed by atoms with Gasteiger partial charge < -0.3 is 5.11 Å². The van der Waals surface area contributed by atoms with Crippen LogP contribution in [0.5, 0.6) is 0 Å². The number of hydrogen-bond acceptors (Lipinski definition) is 3. The van der Waals surface area contributed by atoms with Gasteiger partial charge >= 0.3 is 5.97 Å². The number of nitrogens with zero attached hydrogens (tertiary/aromatic N) is 3. The maximum Gasteiger partial charge on any atom is 0.341 e. The Balaban J connectivity index is 0.00000155. The smallest absolute Gasteiger partial charge is 0.341 e. The molecule has 0 aliphatic heterocycles. The van der Waals surface area contributed by atoms with Gasteiger partial charge in [-0.3, -0.25) is 9.69 Å². The van der Waals surface area contributed by atoms with E-state index in [0.29, 0.717) is 0 Å². The first-order valence-corrected chi connectivity index (χ1v) is 11.1. The van der Waals surface area contributed by atoms with Crippen molar-refractivity contribution in [3.05, 3.63) is 42.1 Å². The SMILES string of the molecule is C=C1CCC(C(=O)N(c2nn(C3=CCCCC=C3)cc2C(=O)O)C(C)C)CC1.CC. The van der Waals surface area contributed by atoms with Crippen LogP contribution in [-0.2, 0) is 4.79 Å². The molecule has 0 saturated heterocycles. The minimum atomic E-state index is -1.07. The van der Waals surface area contributed by atoms with Crippen LogP contribution in [0.1, 0.15) is 83.0 Å². The fourth-order valence-electron chi connectivity index (χ4n) is 3.83. The Morgan fingerprint density at radius 1 is 1.23 bits per heavy atom. The summed E-state index contributed by atoms with van der Waals surface area (Å²) >= 11 is 0. The maximum absolute atomic E-state index is 13.3. The molecular weight excluding hydrogens is 378 g/mol. The predicted molar refractivity (Wildman–Crippen MR) is 122 cm³/mol. The monoisotopic (exact) mass is 413 g/mol. The molecule has 0 aromatic carbocycles. The number of amides is 1. The minimum Gasteiger partial charge on any atom is -0.477 e. The summed E-state index contributed by atoms with van der Waals surface area (Å²) in [4.78, 5) is 26.8. The number of rotatable bonds is 5. The summed E-state index contributed by atoms with van der Waals surface area (Å²) in [5, 5.41) is 14.3. The van der Waals surface area contributed by atoms with Gasteiger partial charge in [0.05, 0.1) is 5.70 Å². The number of carbonyl (C=O) groups is 2. The van der Waals surface area contributed by atoms with Crippen molar-refractivity contribution in [2.24, 2.45) is 5.92 Å². The fourth-order valence-corrected chi connectivity index (χ4v) is 3.83. The van der Waals surface area contributed by atoms with Crippen molar-refractivity contribution in [3.8, 4) is 0 Å². The van der Waals surface area contributed by atoms with E-state index < -0.39 is 5.97 Å². The maximum atomic E-state index is 13.3. The third-order valence-corrected chi connectivity index (χ3v) is 5.43. The molecule has 2 aliphatic carbocycles. The summed E-state index contributed by atoms with van der Waals surface area (Å²) in [7, 11) is 0. The van der Waals surface area contributed by atoms with E-state index >= 15 is 0 Å². The first-order valence-electron chi connectivity index (χ1n) is 11.1. The lowest BCUT2D eigenvalue weighted by Crippen LogP contribution is -2.42. The molecule has 0 bridgehead atoms. The molecule has 1 fully saturated rings. The third-order valence-electron chi connectivity index (χ3n) is 5.43. The minimum absolute atomic E-state index is 0.0411. The van der Waals surface area contributed by atoms with Crippen LogP contribution in [0, 0.1) is 5.92 Å². The Morgan fingerprint density at radius 3 is 2.50 bits per heavy atom. The van der Waals surface area contributed by atoms with Gasteiger partial charge in [0.2, 0.25) is 5.91 Å². The van der Waals surface area contributed by atoms with Crippen molar-refractivity contribution in [3.63, 3.8) is 0 Å². The zero-order valence-corrected chi connectivity index (χ0v) is 18.7. The van der Waals surface area contributed by atoms with E-state index in [-0.39, 0.29) is 29.2 Å². The molecule has 3 rings (SSSR count). The van der Waals surface area contributed by atoms with E-state index in [0.717, 1.165) is 50.6 Å². The number of carbonyl (C=O) groups excluding carboxylic acids is 1. The van der Waals surface area contributed by atoms with Crippen LogP contribution in [0.15, 0.2) is 36.6 Å². The summed E-state index contributed by atoms with van der Waals surface area (Å²) in [5.74, 6) is -0.998. The molecule has 30 heavy (non-hydrogen) atoms. The summed E-state index contributed by atoms with van der Waals surface area (Å²) in [5.41, 5.74) is 2.08. The quantitative estimate of drug-likeness (QED) is 0.631. The van der Waals surface area contributed by atoms with Crippen molar-refractivity contribution in [2.75, 3.05) is 4.90 Å². The highest BCUT2D eigenvalue weighted by molar-refractivity contribution is 6.02. The molecule has 1 heterocycles. The van der Waals surface area contributed by atoms with Crippen LogP contribution in [0.25, 0.3) is 5.70 Å². The fraction of sp³-hybridized carbons (Fsp3) is 0.542. The predicted octanol–water partition coefficient (Wildman–Crippen LogP) is 5.68. The topological polar surface area (TPSA) is 75.4 Å². The van der Waals surface area contributed by atoms with Gasteiger partial charge in [-0.2, -0.15) is 0 Å². The average molecular weight is 414 g/mol. The second kappa shape index (κ2) is 11.0. The molecule has 0 atom stereocenters. The number of anilines is 1. The van der Waals surface area contributed by atoms with Gasteiger partial charge in [-0.15, -0.1) is 5.10 Å². The van der Waals surface area contributed by atoms with Crippen molar-refractivity contribution < 1.29 is 14.7 Å². The molecule has 6 nitrogen and oxygen atoms in total. The molecule has 0 unspecified atom stereocenters. The highest BCUT2D eigenvalue weighted by atomic mass is 16.4. The normalized spacial score (nSPS) is 17.1. The lowest BCUT2D eigenvalue weighted by Gasteiger charge is -2.31. The van der Waals surface area contributed by atoms with Crippen molar-refractivity contribution in [1.82, 2.24) is 9.78 Å². The second-order valence-electron chi connectivity index (χ2n) is 7.90. The van der Waals surface area contributed by atoms with Gasteiger partial charge in [-0.1, -0.05) is 38.2 Å². The van der Waals surface area contributed by atoms with Crippen LogP contribution < -0.4 is 4.90 Å². The molecule has 0 radical (unpaired) electrons. The number of aromatic nitrogens is 2. The largest absolute Gasteiger partial charge is 0.477 e. The number of carboxylic acid groups (broad SMARTS) is 1. The van der Waals surface area contributed by atoms with Gasteiger partial charge in [-0.05, 0) is 64.9 Å². The molecule has 1 saturated carbocycles. The summed E-state index contributed by atoms with van der Waals surface area (Å²) in [6.07, 6.45) is 13.8. The van der Waals surface area contributed by atoms with Crippen LogP contribution in [0.3, 0.4) is 0 Å². The van der Waals surface area contributed by atoms with E-state index in [4.69, 9.17) is 0 Å². The number of aromatic carboxylic acids is 1. The highest BCUT2D eigenvalue weighted by Gasteiger charge is 2.33. The molecule has 0 spiro atoms. The van der Waals surface area contributed by atoms with Crippen LogP contribution >= 0.6 is 0 Å². The summed E-state index contributed by atoms with van der Waals surface area (Å²) in [6.45, 7) is 11.8. The highest BCUT2D eigenvalue weighted by Crippen LogP contribution is 2.32. The van der Waals surface area contributed by atoms with E-state index in [2.05, 4.69) is 23.8 Å². The van der Waals surface area contributed by atoms with Crippen LogP contribution in [0.2, 0.25) is 0 Å². The Labute approximate surface area is 180 Å². The Morgan fingerprint density at radius 2 is 1.90 bits per heavy atom. The Kier molecular flexibility index (Phi) is 8.63. The Hall–Kier alpha value is -2.63. The molecule has 6 heteroatoms.